The van der Waals surface area contributed by atoms with E-state index in [-0.39, 0.29) is 11.7 Å². The number of nitrogens with one attached hydrogen (secondary N) is 1. The molecule has 0 aliphatic rings. The first-order chi connectivity index (χ1) is 8.00. The topological polar surface area (TPSA) is 46.2 Å². The van der Waals surface area contributed by atoms with Gasteiger partial charge in [0.05, 0.1) is 0 Å². The van der Waals surface area contributed by atoms with Crippen molar-refractivity contribution in [1.82, 2.24) is 5.32 Å². The van der Waals surface area contributed by atoms with Gasteiger partial charge in [-0.3, -0.25) is 9.59 Å². The monoisotopic (exact) mass is 251 g/mol. The Morgan fingerprint density at radius 2 is 1.82 bits per heavy atom. The molecular weight excluding hydrogens is 234 g/mol. The maximum atomic E-state index is 12.2. The number of thiol groups is 1. The number of ketones is 1. The summed E-state index contributed by atoms with van der Waals surface area (Å²) in [6.07, 6.45) is 0. The summed E-state index contributed by atoms with van der Waals surface area (Å²) in [5.41, 5.74) is -0.497. The SMILES string of the molecule is CC(C)(C(=O)NCCS)C(=O)c1ccccc1. The molecule has 0 unspecified atom stereocenters. The number of Topliss-reactive ketones (excluding diaryl/α,β-unsaturated/α-hetero) is 1. The first-order valence-corrected chi connectivity index (χ1v) is 6.12. The van der Waals surface area contributed by atoms with Crippen molar-refractivity contribution in [2.75, 3.05) is 12.3 Å². The Morgan fingerprint density at radius 3 is 2.35 bits per heavy atom. The third kappa shape index (κ3) is 3.33. The van der Waals surface area contributed by atoms with E-state index in [2.05, 4.69) is 17.9 Å². The number of hydrogen-bond acceptors (Lipinski definition) is 3. The van der Waals surface area contributed by atoms with E-state index in [9.17, 15) is 9.59 Å². The third-order valence-corrected chi connectivity index (χ3v) is 2.79. The summed E-state index contributed by atoms with van der Waals surface area (Å²) >= 11 is 4.01. The lowest BCUT2D eigenvalue weighted by Crippen LogP contribution is -2.43. The van der Waals surface area contributed by atoms with Crippen molar-refractivity contribution >= 4 is 24.3 Å². The minimum absolute atomic E-state index is 0.172. The average Bonchev–Trinajstić information content (AvgIpc) is 2.35. The standard InChI is InChI=1S/C13H17NO2S/c1-13(2,12(16)14-8-9-17)11(15)10-6-4-3-5-7-10/h3-7,17H,8-9H2,1-2H3,(H,14,16). The van der Waals surface area contributed by atoms with Crippen molar-refractivity contribution in [3.63, 3.8) is 0 Å². The van der Waals surface area contributed by atoms with Crippen LogP contribution < -0.4 is 5.32 Å². The van der Waals surface area contributed by atoms with Gasteiger partial charge in [0.1, 0.15) is 5.41 Å². The van der Waals surface area contributed by atoms with Gasteiger partial charge in [-0.15, -0.1) is 0 Å². The van der Waals surface area contributed by atoms with Crippen LogP contribution in [-0.2, 0) is 4.79 Å². The number of benzene rings is 1. The Bertz CT molecular complexity index is 401. The van der Waals surface area contributed by atoms with Gasteiger partial charge in [-0.05, 0) is 13.8 Å². The molecule has 4 heteroatoms. The van der Waals surface area contributed by atoms with Crippen LogP contribution in [-0.4, -0.2) is 24.0 Å². The van der Waals surface area contributed by atoms with Crippen LogP contribution in [0.25, 0.3) is 0 Å². The minimum Gasteiger partial charge on any atom is -0.354 e. The summed E-state index contributed by atoms with van der Waals surface area (Å²) in [7, 11) is 0. The summed E-state index contributed by atoms with van der Waals surface area (Å²) in [4.78, 5) is 24.1. The lowest BCUT2D eigenvalue weighted by molar-refractivity contribution is -0.126. The summed E-state index contributed by atoms with van der Waals surface area (Å²) in [5.74, 6) is 0.122. The molecule has 0 saturated heterocycles. The first kappa shape index (κ1) is 13.8. The van der Waals surface area contributed by atoms with Crippen molar-refractivity contribution in [3.8, 4) is 0 Å². The molecule has 1 aromatic rings. The highest BCUT2D eigenvalue weighted by Gasteiger charge is 2.36. The molecule has 1 N–H and O–H groups in total. The van der Waals surface area contributed by atoms with Gasteiger partial charge in [0, 0.05) is 17.9 Å². The van der Waals surface area contributed by atoms with E-state index < -0.39 is 5.41 Å². The van der Waals surface area contributed by atoms with Gasteiger partial charge in [-0.1, -0.05) is 30.3 Å². The number of hydrogen-bond donors (Lipinski definition) is 2. The second-order valence-electron chi connectivity index (χ2n) is 4.30. The molecule has 1 aromatic carbocycles. The van der Waals surface area contributed by atoms with Crippen molar-refractivity contribution in [2.24, 2.45) is 5.41 Å². The molecule has 92 valence electrons. The van der Waals surface area contributed by atoms with Crippen LogP contribution in [0.5, 0.6) is 0 Å². The Kier molecular flexibility index (Phi) is 4.75. The maximum absolute atomic E-state index is 12.2. The smallest absolute Gasteiger partial charge is 0.233 e. The zero-order chi connectivity index (χ0) is 12.9. The molecule has 0 aromatic heterocycles. The number of carbonyl (C=O) groups is 2. The lowest BCUT2D eigenvalue weighted by Gasteiger charge is -2.22. The summed E-state index contributed by atoms with van der Waals surface area (Å²) in [5, 5.41) is 2.69. The Balaban J connectivity index is 2.83. The molecule has 0 fully saturated rings. The predicted molar refractivity (Wildman–Crippen MR) is 71.4 cm³/mol. The number of amides is 1. The average molecular weight is 251 g/mol. The van der Waals surface area contributed by atoms with E-state index >= 15 is 0 Å². The van der Waals surface area contributed by atoms with Crippen LogP contribution in [0.2, 0.25) is 0 Å². The molecule has 0 aliphatic carbocycles. The maximum Gasteiger partial charge on any atom is 0.233 e. The number of carbonyl (C=O) groups excluding carboxylic acids is 2. The molecule has 1 amide bonds. The van der Waals surface area contributed by atoms with E-state index in [1.54, 1.807) is 38.1 Å². The van der Waals surface area contributed by atoms with Gasteiger partial charge in [-0.2, -0.15) is 12.6 Å². The van der Waals surface area contributed by atoms with Crippen LogP contribution in [0.3, 0.4) is 0 Å². The van der Waals surface area contributed by atoms with E-state index in [0.717, 1.165) is 0 Å². The molecule has 0 aliphatic heterocycles. The molecule has 17 heavy (non-hydrogen) atoms. The van der Waals surface area contributed by atoms with Crippen molar-refractivity contribution in [3.05, 3.63) is 35.9 Å². The normalized spacial score (nSPS) is 11.0. The second-order valence-corrected chi connectivity index (χ2v) is 4.75. The first-order valence-electron chi connectivity index (χ1n) is 5.49. The van der Waals surface area contributed by atoms with Gasteiger partial charge in [0.15, 0.2) is 5.78 Å². The van der Waals surface area contributed by atoms with Gasteiger partial charge < -0.3 is 5.32 Å². The molecular formula is C13H17NO2S. The zero-order valence-corrected chi connectivity index (χ0v) is 11.0. The van der Waals surface area contributed by atoms with Gasteiger partial charge in [-0.25, -0.2) is 0 Å². The quantitative estimate of drug-likeness (QED) is 0.477. The van der Waals surface area contributed by atoms with Crippen molar-refractivity contribution in [2.45, 2.75) is 13.8 Å². The highest BCUT2D eigenvalue weighted by atomic mass is 32.1. The molecule has 0 bridgehead atoms. The molecule has 0 atom stereocenters. The Hall–Kier alpha value is -1.29. The molecule has 0 spiro atoms. The lowest BCUT2D eigenvalue weighted by atomic mass is 9.83. The van der Waals surface area contributed by atoms with Crippen LogP contribution in [0.15, 0.2) is 30.3 Å². The molecule has 0 radical (unpaired) electrons. The minimum atomic E-state index is -1.05. The fraction of sp³-hybridized carbons (Fsp3) is 0.385. The van der Waals surface area contributed by atoms with Gasteiger partial charge >= 0.3 is 0 Å². The summed E-state index contributed by atoms with van der Waals surface area (Å²) < 4.78 is 0. The summed E-state index contributed by atoms with van der Waals surface area (Å²) in [6.45, 7) is 3.74. The van der Waals surface area contributed by atoms with E-state index in [4.69, 9.17) is 0 Å². The van der Waals surface area contributed by atoms with Crippen molar-refractivity contribution in [1.29, 1.82) is 0 Å². The van der Waals surface area contributed by atoms with Gasteiger partial charge in [0.25, 0.3) is 0 Å². The number of rotatable bonds is 5. The fourth-order valence-electron chi connectivity index (χ4n) is 1.44. The second kappa shape index (κ2) is 5.87. The molecule has 1 rings (SSSR count). The van der Waals surface area contributed by atoms with Crippen molar-refractivity contribution < 1.29 is 9.59 Å². The molecule has 0 saturated carbocycles. The largest absolute Gasteiger partial charge is 0.354 e. The van der Waals surface area contributed by atoms with Crippen LogP contribution in [0.1, 0.15) is 24.2 Å². The van der Waals surface area contributed by atoms with Gasteiger partial charge in [0.2, 0.25) is 5.91 Å². The zero-order valence-electron chi connectivity index (χ0n) is 10.1. The molecule has 0 heterocycles. The van der Waals surface area contributed by atoms with Crippen LogP contribution in [0, 0.1) is 5.41 Å². The third-order valence-electron chi connectivity index (χ3n) is 2.57. The summed E-state index contributed by atoms with van der Waals surface area (Å²) in [6, 6.07) is 8.85. The van der Waals surface area contributed by atoms with Crippen LogP contribution >= 0.6 is 12.6 Å². The fourth-order valence-corrected chi connectivity index (χ4v) is 1.56. The predicted octanol–water partition coefficient (Wildman–Crippen LogP) is 1.94. The highest BCUT2D eigenvalue weighted by Crippen LogP contribution is 2.22. The molecule has 3 nitrogen and oxygen atoms in total. The van der Waals surface area contributed by atoms with Crippen LogP contribution in [0.4, 0.5) is 0 Å². The van der Waals surface area contributed by atoms with E-state index in [1.807, 2.05) is 6.07 Å². The highest BCUT2D eigenvalue weighted by molar-refractivity contribution is 7.80. The Morgan fingerprint density at radius 1 is 1.24 bits per heavy atom. The van der Waals surface area contributed by atoms with E-state index in [1.165, 1.54) is 0 Å². The Labute approximate surface area is 107 Å². The van der Waals surface area contributed by atoms with E-state index in [0.29, 0.717) is 17.9 Å².